The molecule has 2 unspecified atom stereocenters. The third kappa shape index (κ3) is 4.76. The van der Waals surface area contributed by atoms with Crippen LogP contribution in [-0.4, -0.2) is 30.8 Å². The Morgan fingerprint density at radius 2 is 1.61 bits per heavy atom. The van der Waals surface area contributed by atoms with Gasteiger partial charge in [-0.25, -0.2) is 4.79 Å². The van der Waals surface area contributed by atoms with Gasteiger partial charge in [0.1, 0.15) is 0 Å². The number of carbonyl (C=O) groups is 1. The average Bonchev–Trinajstić information content (AvgIpc) is 2.82. The van der Waals surface area contributed by atoms with Crippen molar-refractivity contribution < 1.29 is 14.6 Å². The molecule has 0 amide bonds. The number of hydrogen-bond donors (Lipinski definition) is 2. The molecule has 158 valence electrons. The fraction of sp³-hybridized carbons (Fsp3) is 0.222. The van der Waals surface area contributed by atoms with Gasteiger partial charge in [-0.05, 0) is 64.2 Å². The number of esters is 1. The highest BCUT2D eigenvalue weighted by molar-refractivity contribution is 6.07. The number of ether oxygens (including phenoxy) is 1. The van der Waals surface area contributed by atoms with Gasteiger partial charge in [0.15, 0.2) is 0 Å². The van der Waals surface area contributed by atoms with Crippen molar-refractivity contribution in [3.05, 3.63) is 95.6 Å². The fourth-order valence-electron chi connectivity index (χ4n) is 3.98. The lowest BCUT2D eigenvalue weighted by Gasteiger charge is -2.18. The molecule has 0 aliphatic carbocycles. The second-order valence-electron chi connectivity index (χ2n) is 7.98. The highest BCUT2D eigenvalue weighted by atomic mass is 16.5. The van der Waals surface area contributed by atoms with Gasteiger partial charge < -0.3 is 15.2 Å². The average molecular weight is 414 g/mol. The number of aliphatic hydroxyl groups excluding tert-OH is 1. The molecule has 0 aliphatic rings. The summed E-state index contributed by atoms with van der Waals surface area (Å²) in [6, 6.07) is 26.4. The first-order valence-corrected chi connectivity index (χ1v) is 10.6. The van der Waals surface area contributed by atoms with E-state index in [0.29, 0.717) is 12.1 Å². The van der Waals surface area contributed by atoms with Crippen molar-refractivity contribution >= 4 is 27.5 Å². The zero-order valence-electron chi connectivity index (χ0n) is 17.8. The first kappa shape index (κ1) is 21.0. The predicted molar refractivity (Wildman–Crippen MR) is 125 cm³/mol. The molecule has 0 radical (unpaired) electrons. The quantitative estimate of drug-likeness (QED) is 0.329. The largest absolute Gasteiger partial charge is 0.465 e. The molecule has 0 fully saturated rings. The maximum atomic E-state index is 11.6. The number of rotatable bonds is 7. The van der Waals surface area contributed by atoms with Crippen LogP contribution in [0.1, 0.15) is 34.5 Å². The maximum absolute atomic E-state index is 11.6. The zero-order chi connectivity index (χ0) is 21.8. The monoisotopic (exact) mass is 413 g/mol. The third-order valence-electron chi connectivity index (χ3n) is 5.73. The Balaban J connectivity index is 1.41. The molecule has 4 nitrogen and oxygen atoms in total. The molecule has 0 saturated heterocycles. The Bertz CT molecular complexity index is 1200. The van der Waals surface area contributed by atoms with Crippen LogP contribution in [0.5, 0.6) is 0 Å². The van der Waals surface area contributed by atoms with Gasteiger partial charge in [0.25, 0.3) is 0 Å². The van der Waals surface area contributed by atoms with E-state index in [-0.39, 0.29) is 12.0 Å². The van der Waals surface area contributed by atoms with Crippen LogP contribution in [0, 0.1) is 0 Å². The van der Waals surface area contributed by atoms with Crippen molar-refractivity contribution in [1.29, 1.82) is 0 Å². The first-order valence-electron chi connectivity index (χ1n) is 10.6. The summed E-state index contributed by atoms with van der Waals surface area (Å²) in [6.07, 6.45) is 0.212. The minimum atomic E-state index is -0.590. The first-order chi connectivity index (χ1) is 15.0. The summed E-state index contributed by atoms with van der Waals surface area (Å²) < 4.78 is 4.74. The van der Waals surface area contributed by atoms with Crippen LogP contribution >= 0.6 is 0 Å². The summed E-state index contributed by atoms with van der Waals surface area (Å²) in [5.74, 6) is -0.330. The molecular weight excluding hydrogens is 386 g/mol. The van der Waals surface area contributed by atoms with Gasteiger partial charge in [0, 0.05) is 12.6 Å². The van der Waals surface area contributed by atoms with Crippen molar-refractivity contribution in [2.75, 3.05) is 13.7 Å². The minimum absolute atomic E-state index is 0.180. The molecule has 2 N–H and O–H groups in total. The van der Waals surface area contributed by atoms with Crippen molar-refractivity contribution in [3.8, 4) is 0 Å². The van der Waals surface area contributed by atoms with Crippen molar-refractivity contribution in [2.24, 2.45) is 0 Å². The second kappa shape index (κ2) is 9.29. The van der Waals surface area contributed by atoms with Crippen molar-refractivity contribution in [3.63, 3.8) is 0 Å². The molecule has 4 rings (SSSR count). The molecule has 31 heavy (non-hydrogen) atoms. The van der Waals surface area contributed by atoms with Gasteiger partial charge in [-0.3, -0.25) is 0 Å². The van der Waals surface area contributed by atoms with Crippen LogP contribution in [-0.2, 0) is 11.2 Å². The molecule has 0 aromatic heterocycles. The topological polar surface area (TPSA) is 58.6 Å². The highest BCUT2D eigenvalue weighted by Gasteiger charge is 2.12. The molecule has 0 spiro atoms. The number of hydrogen-bond acceptors (Lipinski definition) is 4. The van der Waals surface area contributed by atoms with Crippen LogP contribution in [0.25, 0.3) is 21.5 Å². The second-order valence-corrected chi connectivity index (χ2v) is 7.98. The van der Waals surface area contributed by atoms with Gasteiger partial charge in [0.2, 0.25) is 0 Å². The highest BCUT2D eigenvalue weighted by Crippen LogP contribution is 2.28. The lowest BCUT2D eigenvalue weighted by Crippen LogP contribution is -2.32. The lowest BCUT2D eigenvalue weighted by atomic mass is 9.98. The van der Waals surface area contributed by atoms with Crippen LogP contribution in [0.2, 0.25) is 0 Å². The molecule has 2 atom stereocenters. The van der Waals surface area contributed by atoms with E-state index >= 15 is 0 Å². The normalized spacial score (nSPS) is 13.3. The van der Waals surface area contributed by atoms with Crippen LogP contribution in [0.15, 0.2) is 78.9 Å². The van der Waals surface area contributed by atoms with Gasteiger partial charge in [-0.2, -0.15) is 0 Å². The van der Waals surface area contributed by atoms with E-state index < -0.39 is 6.10 Å². The number of aliphatic hydroxyl groups is 1. The summed E-state index contributed by atoms with van der Waals surface area (Å²) >= 11 is 0. The van der Waals surface area contributed by atoms with Crippen molar-refractivity contribution in [1.82, 2.24) is 5.32 Å². The van der Waals surface area contributed by atoms with Gasteiger partial charge >= 0.3 is 5.97 Å². The predicted octanol–water partition coefficient (Wildman–Crippen LogP) is 5.03. The smallest absolute Gasteiger partial charge is 0.337 e. The molecule has 0 bridgehead atoms. The van der Waals surface area contributed by atoms with E-state index in [1.54, 1.807) is 12.1 Å². The number of nitrogens with one attached hydrogen (secondary N) is 1. The van der Waals surface area contributed by atoms with Gasteiger partial charge in [-0.1, -0.05) is 60.7 Å². The number of carbonyl (C=O) groups excluding carboxylic acids is 1. The molecule has 4 aromatic rings. The standard InChI is InChI=1S/C27H27NO3/c1-18(15-19-7-9-22(10-8-19)27(30)31-2)28-17-26(29)23-14-13-21-12-11-20-5-3-4-6-24(20)25(21)16-23/h3-14,16,18,26,28-29H,15,17H2,1-2H3. The molecular formula is C27H27NO3. The molecule has 0 saturated carbocycles. The Labute approximate surface area is 182 Å². The van der Waals surface area contributed by atoms with E-state index in [0.717, 1.165) is 22.9 Å². The molecule has 4 aromatic carbocycles. The Kier molecular flexibility index (Phi) is 6.31. The van der Waals surface area contributed by atoms with E-state index in [1.807, 2.05) is 30.3 Å². The Hall–Kier alpha value is -3.21. The Morgan fingerprint density at radius 1 is 0.935 bits per heavy atom. The number of benzene rings is 4. The van der Waals surface area contributed by atoms with Crippen LogP contribution < -0.4 is 5.32 Å². The van der Waals surface area contributed by atoms with Crippen LogP contribution in [0.4, 0.5) is 0 Å². The SMILES string of the molecule is COC(=O)c1ccc(CC(C)NCC(O)c2ccc3ccc4ccccc4c3c2)cc1. The zero-order valence-corrected chi connectivity index (χ0v) is 17.8. The van der Waals surface area contributed by atoms with E-state index in [1.165, 1.54) is 23.3 Å². The summed E-state index contributed by atoms with van der Waals surface area (Å²) in [7, 11) is 1.38. The van der Waals surface area contributed by atoms with Crippen LogP contribution in [0.3, 0.4) is 0 Å². The summed E-state index contributed by atoms with van der Waals surface area (Å²) in [5, 5.41) is 18.9. The van der Waals surface area contributed by atoms with E-state index in [9.17, 15) is 9.90 Å². The van der Waals surface area contributed by atoms with Gasteiger partial charge in [0.05, 0.1) is 18.8 Å². The summed E-state index contributed by atoms with van der Waals surface area (Å²) in [5.41, 5.74) is 2.58. The molecule has 0 heterocycles. The third-order valence-corrected chi connectivity index (χ3v) is 5.73. The maximum Gasteiger partial charge on any atom is 0.337 e. The van der Waals surface area contributed by atoms with Gasteiger partial charge in [-0.15, -0.1) is 0 Å². The number of methoxy groups -OCH3 is 1. The van der Waals surface area contributed by atoms with Crippen molar-refractivity contribution in [2.45, 2.75) is 25.5 Å². The fourth-order valence-corrected chi connectivity index (χ4v) is 3.98. The lowest BCUT2D eigenvalue weighted by molar-refractivity contribution is 0.0600. The molecule has 4 heteroatoms. The Morgan fingerprint density at radius 3 is 2.35 bits per heavy atom. The number of fused-ring (bicyclic) bond motifs is 3. The van der Waals surface area contributed by atoms with E-state index in [2.05, 4.69) is 48.6 Å². The minimum Gasteiger partial charge on any atom is -0.465 e. The summed E-state index contributed by atoms with van der Waals surface area (Å²) in [6.45, 7) is 2.56. The summed E-state index contributed by atoms with van der Waals surface area (Å²) in [4.78, 5) is 11.6. The molecule has 0 aliphatic heterocycles. The van der Waals surface area contributed by atoms with E-state index in [4.69, 9.17) is 4.74 Å².